The number of rotatable bonds is 5. The summed E-state index contributed by atoms with van der Waals surface area (Å²) in [6, 6.07) is 43.8. The molecule has 0 amide bonds. The Labute approximate surface area is 330 Å². The zero-order valence-corrected chi connectivity index (χ0v) is 33.1. The summed E-state index contributed by atoms with van der Waals surface area (Å²) in [5.74, 6) is 1.97. The number of nitrogens with zero attached hydrogens (tertiary/aromatic N) is 5. The van der Waals surface area contributed by atoms with Crippen LogP contribution in [0.5, 0.6) is 0 Å². The van der Waals surface area contributed by atoms with Gasteiger partial charge in [-0.05, 0) is 123 Å². The van der Waals surface area contributed by atoms with Crippen molar-refractivity contribution in [3.8, 4) is 51.1 Å². The zero-order chi connectivity index (χ0) is 38.2. The second kappa shape index (κ2) is 13.1. The number of thiophene rings is 1. The number of aromatic nitrogens is 5. The number of pyridine rings is 1. The fraction of sp³-hybridized carbons (Fsp3) is 0.120. The first-order valence-corrected chi connectivity index (χ1v) is 19.9. The van der Waals surface area contributed by atoms with Gasteiger partial charge in [0.25, 0.3) is 0 Å². The van der Waals surface area contributed by atoms with Crippen molar-refractivity contribution in [3.05, 3.63) is 161 Å². The molecule has 270 valence electrons. The highest BCUT2D eigenvalue weighted by atomic mass is 32.1. The first-order valence-electron chi connectivity index (χ1n) is 19.0. The van der Waals surface area contributed by atoms with Gasteiger partial charge in [-0.2, -0.15) is 9.97 Å². The molecular formula is C50H39N5S. The molecule has 0 aliphatic rings. The molecule has 0 saturated heterocycles. The zero-order valence-electron chi connectivity index (χ0n) is 32.3. The third-order valence-corrected chi connectivity index (χ3v) is 12.2. The normalized spacial score (nSPS) is 11.8. The summed E-state index contributed by atoms with van der Waals surface area (Å²) in [7, 11) is 0. The molecule has 6 aromatic carbocycles. The quantitative estimate of drug-likeness (QED) is 0.176. The minimum absolute atomic E-state index is 0.606. The lowest BCUT2D eigenvalue weighted by molar-refractivity contribution is 0.949. The van der Waals surface area contributed by atoms with Crippen LogP contribution in [0.4, 0.5) is 0 Å². The summed E-state index contributed by atoms with van der Waals surface area (Å²) < 4.78 is 4.77. The fourth-order valence-corrected chi connectivity index (χ4v) is 9.90. The largest absolute Gasteiger partial charge is 0.278 e. The van der Waals surface area contributed by atoms with E-state index in [1.165, 1.54) is 31.3 Å². The van der Waals surface area contributed by atoms with Gasteiger partial charge in [0.05, 0.1) is 16.7 Å². The predicted molar refractivity (Wildman–Crippen MR) is 235 cm³/mol. The van der Waals surface area contributed by atoms with E-state index in [9.17, 15) is 0 Å². The number of benzene rings is 6. The first kappa shape index (κ1) is 34.0. The Hall–Kier alpha value is -6.50. The highest BCUT2D eigenvalue weighted by molar-refractivity contribution is 7.25. The highest BCUT2D eigenvalue weighted by Crippen LogP contribution is 2.42. The van der Waals surface area contributed by atoms with Gasteiger partial charge in [0, 0.05) is 53.8 Å². The molecule has 0 radical (unpaired) electrons. The highest BCUT2D eigenvalue weighted by Gasteiger charge is 2.22. The van der Waals surface area contributed by atoms with Gasteiger partial charge in [-0.25, -0.2) is 4.98 Å². The maximum atomic E-state index is 5.39. The molecule has 0 aliphatic heterocycles. The van der Waals surface area contributed by atoms with Crippen LogP contribution in [-0.4, -0.2) is 24.5 Å². The van der Waals surface area contributed by atoms with Crippen LogP contribution in [0, 0.1) is 41.5 Å². The minimum Gasteiger partial charge on any atom is -0.278 e. The van der Waals surface area contributed by atoms with Crippen LogP contribution in [0.3, 0.4) is 0 Å². The molecule has 0 aliphatic carbocycles. The predicted octanol–water partition coefficient (Wildman–Crippen LogP) is 13.3. The van der Waals surface area contributed by atoms with Gasteiger partial charge in [-0.1, -0.05) is 83.9 Å². The summed E-state index contributed by atoms with van der Waals surface area (Å²) in [6.07, 6.45) is 1.85. The Morgan fingerprint density at radius 1 is 0.446 bits per heavy atom. The maximum Gasteiger partial charge on any atom is 0.238 e. The second-order valence-electron chi connectivity index (χ2n) is 15.2. The number of hydrogen-bond acceptors (Lipinski definition) is 5. The number of fused-ring (bicyclic) bond motifs is 6. The Balaban J connectivity index is 1.28. The fourth-order valence-electron chi connectivity index (χ4n) is 8.78. The SMILES string of the molecule is Cc1cc(C)c(-c2nc(-c3c(C)cc(C)cc3C)nc(-n3c4ccc(-c5cccc(-c6ccccn6)c5)cc4c4cc5c(cc43)sc3ccccc35)n2)c(C)c1. The average Bonchev–Trinajstić information content (AvgIpc) is 3.71. The van der Waals surface area contributed by atoms with E-state index in [-0.39, 0.29) is 0 Å². The molecule has 0 bridgehead atoms. The lowest BCUT2D eigenvalue weighted by Gasteiger charge is -2.16. The standard InChI is InChI=1S/C50H39N5S/c1-28-20-30(3)46(31(4)21-28)48-52-49(47-32(5)22-29(2)23-33(47)6)54-50(53-48)55-42-18-17-35(34-12-11-13-36(24-34)41-15-9-10-19-51-41)25-38(42)39-26-40-37-14-7-8-16-44(37)56-45(40)27-43(39)55/h7-27H,1-6H3. The summed E-state index contributed by atoms with van der Waals surface area (Å²) in [5.41, 5.74) is 15.6. The van der Waals surface area contributed by atoms with Gasteiger partial charge in [-0.3, -0.25) is 9.55 Å². The molecule has 56 heavy (non-hydrogen) atoms. The van der Waals surface area contributed by atoms with Gasteiger partial charge in [0.2, 0.25) is 5.95 Å². The average molecular weight is 742 g/mol. The molecule has 4 aromatic heterocycles. The van der Waals surface area contributed by atoms with E-state index in [2.05, 4.69) is 160 Å². The van der Waals surface area contributed by atoms with E-state index in [1.54, 1.807) is 0 Å². The van der Waals surface area contributed by atoms with Crippen LogP contribution in [0.1, 0.15) is 33.4 Å². The molecule has 4 heterocycles. The summed E-state index contributed by atoms with van der Waals surface area (Å²) >= 11 is 1.83. The van der Waals surface area contributed by atoms with Crippen molar-refractivity contribution >= 4 is 53.3 Å². The molecule has 0 unspecified atom stereocenters. The molecule has 10 aromatic rings. The van der Waals surface area contributed by atoms with Gasteiger partial charge in [0.1, 0.15) is 0 Å². The lowest BCUT2D eigenvalue weighted by Crippen LogP contribution is -2.08. The maximum absolute atomic E-state index is 5.39. The molecule has 0 N–H and O–H groups in total. The van der Waals surface area contributed by atoms with E-state index < -0.39 is 0 Å². The Morgan fingerprint density at radius 2 is 1.07 bits per heavy atom. The lowest BCUT2D eigenvalue weighted by atomic mass is 9.98. The first-order chi connectivity index (χ1) is 27.2. The molecule has 0 fully saturated rings. The Bertz CT molecular complexity index is 3090. The van der Waals surface area contributed by atoms with Crippen molar-refractivity contribution in [1.82, 2.24) is 24.5 Å². The van der Waals surface area contributed by atoms with Crippen LogP contribution in [0.2, 0.25) is 0 Å². The van der Waals surface area contributed by atoms with Crippen LogP contribution < -0.4 is 0 Å². The molecule has 0 spiro atoms. The van der Waals surface area contributed by atoms with Crippen molar-refractivity contribution in [3.63, 3.8) is 0 Å². The molecule has 5 nitrogen and oxygen atoms in total. The van der Waals surface area contributed by atoms with Crippen molar-refractivity contribution in [2.45, 2.75) is 41.5 Å². The third kappa shape index (κ3) is 5.59. The van der Waals surface area contributed by atoms with Gasteiger partial charge >= 0.3 is 0 Å². The second-order valence-corrected chi connectivity index (χ2v) is 16.2. The van der Waals surface area contributed by atoms with Crippen molar-refractivity contribution in [1.29, 1.82) is 0 Å². The number of aryl methyl sites for hydroxylation is 6. The molecular weight excluding hydrogens is 703 g/mol. The van der Waals surface area contributed by atoms with E-state index in [0.717, 1.165) is 77.6 Å². The molecule has 0 atom stereocenters. The van der Waals surface area contributed by atoms with E-state index >= 15 is 0 Å². The van der Waals surface area contributed by atoms with E-state index in [4.69, 9.17) is 15.0 Å². The van der Waals surface area contributed by atoms with Crippen LogP contribution >= 0.6 is 11.3 Å². The number of hydrogen-bond donors (Lipinski definition) is 0. The molecule has 0 saturated carbocycles. The minimum atomic E-state index is 0.606. The third-order valence-electron chi connectivity index (χ3n) is 11.0. The summed E-state index contributed by atoms with van der Waals surface area (Å²) in [5, 5.41) is 4.84. The summed E-state index contributed by atoms with van der Waals surface area (Å²) in [4.78, 5) is 20.7. The van der Waals surface area contributed by atoms with Crippen molar-refractivity contribution < 1.29 is 0 Å². The molecule has 10 rings (SSSR count). The van der Waals surface area contributed by atoms with Gasteiger partial charge in [0.15, 0.2) is 11.6 Å². The topological polar surface area (TPSA) is 56.5 Å². The smallest absolute Gasteiger partial charge is 0.238 e. The van der Waals surface area contributed by atoms with Crippen LogP contribution in [0.25, 0.3) is 93.1 Å². The monoisotopic (exact) mass is 741 g/mol. The van der Waals surface area contributed by atoms with Crippen LogP contribution in [-0.2, 0) is 0 Å². The van der Waals surface area contributed by atoms with Crippen molar-refractivity contribution in [2.24, 2.45) is 0 Å². The van der Waals surface area contributed by atoms with Crippen molar-refractivity contribution in [2.75, 3.05) is 0 Å². The van der Waals surface area contributed by atoms with E-state index in [1.807, 2.05) is 29.7 Å². The Morgan fingerprint density at radius 3 is 1.75 bits per heavy atom. The molecule has 6 heteroatoms. The van der Waals surface area contributed by atoms with E-state index in [0.29, 0.717) is 17.6 Å². The summed E-state index contributed by atoms with van der Waals surface area (Å²) in [6.45, 7) is 12.9. The van der Waals surface area contributed by atoms with Gasteiger partial charge < -0.3 is 0 Å². The van der Waals surface area contributed by atoms with Crippen LogP contribution in [0.15, 0.2) is 128 Å². The Kier molecular flexibility index (Phi) is 7.94. The van der Waals surface area contributed by atoms with Gasteiger partial charge in [-0.15, -0.1) is 11.3 Å².